The van der Waals surface area contributed by atoms with Gasteiger partial charge in [-0.1, -0.05) is 11.2 Å². The normalized spacial score (nSPS) is 13.7. The lowest BCUT2D eigenvalue weighted by molar-refractivity contribution is -0.115. The first-order valence-electron chi connectivity index (χ1n) is 7.65. The highest BCUT2D eigenvalue weighted by Crippen LogP contribution is 2.20. The molecule has 1 aliphatic carbocycles. The van der Waals surface area contributed by atoms with Crippen molar-refractivity contribution in [3.63, 3.8) is 0 Å². The van der Waals surface area contributed by atoms with Gasteiger partial charge in [-0.2, -0.15) is 0 Å². The molecule has 0 saturated heterocycles. The molecule has 1 aliphatic rings. The van der Waals surface area contributed by atoms with Crippen LogP contribution < -0.4 is 10.6 Å². The van der Waals surface area contributed by atoms with E-state index in [4.69, 9.17) is 4.52 Å². The van der Waals surface area contributed by atoms with Gasteiger partial charge in [-0.15, -0.1) is 0 Å². The van der Waals surface area contributed by atoms with E-state index < -0.39 is 0 Å². The number of amides is 2. The van der Waals surface area contributed by atoms with Crippen molar-refractivity contribution in [2.45, 2.75) is 39.2 Å². The predicted molar refractivity (Wildman–Crippen MR) is 85.2 cm³/mol. The monoisotopic (exact) mass is 313 g/mol. The summed E-state index contributed by atoms with van der Waals surface area (Å²) in [6.07, 6.45) is 2.28. The number of aryl methyl sites for hydroxylation is 2. The highest BCUT2D eigenvalue weighted by Gasteiger charge is 2.23. The van der Waals surface area contributed by atoms with Gasteiger partial charge in [0.15, 0.2) is 0 Å². The Morgan fingerprint density at radius 1 is 1.30 bits per heavy atom. The summed E-state index contributed by atoms with van der Waals surface area (Å²) in [5, 5.41) is 9.58. The number of benzene rings is 1. The van der Waals surface area contributed by atoms with Gasteiger partial charge in [-0.25, -0.2) is 0 Å². The average molecular weight is 313 g/mol. The largest absolute Gasteiger partial charge is 0.361 e. The first kappa shape index (κ1) is 15.3. The van der Waals surface area contributed by atoms with E-state index in [1.807, 2.05) is 6.92 Å². The number of nitrogens with one attached hydrogen (secondary N) is 2. The molecule has 23 heavy (non-hydrogen) atoms. The fraction of sp³-hybridized carbons (Fsp3) is 0.353. The van der Waals surface area contributed by atoms with E-state index in [9.17, 15) is 9.59 Å². The topological polar surface area (TPSA) is 84.2 Å². The summed E-state index contributed by atoms with van der Waals surface area (Å²) in [4.78, 5) is 24.2. The molecule has 120 valence electrons. The summed E-state index contributed by atoms with van der Waals surface area (Å²) < 4.78 is 5.06. The smallest absolute Gasteiger partial charge is 0.251 e. The summed E-state index contributed by atoms with van der Waals surface area (Å²) in [6.45, 7) is 3.59. The maximum Gasteiger partial charge on any atom is 0.251 e. The molecule has 3 rings (SSSR count). The third-order valence-corrected chi connectivity index (χ3v) is 3.84. The summed E-state index contributed by atoms with van der Waals surface area (Å²) in [6, 6.07) is 7.25. The molecular weight excluding hydrogens is 294 g/mol. The van der Waals surface area contributed by atoms with E-state index in [1.54, 1.807) is 31.2 Å². The Kier molecular flexibility index (Phi) is 4.14. The Morgan fingerprint density at radius 2 is 2.09 bits per heavy atom. The lowest BCUT2D eigenvalue weighted by atomic mass is 10.1. The maximum absolute atomic E-state index is 12.2. The van der Waals surface area contributed by atoms with E-state index in [2.05, 4.69) is 15.8 Å². The van der Waals surface area contributed by atoms with Crippen LogP contribution >= 0.6 is 0 Å². The Balaban J connectivity index is 1.65. The molecule has 6 heteroatoms. The van der Waals surface area contributed by atoms with Crippen molar-refractivity contribution in [3.05, 3.63) is 46.8 Å². The first-order chi connectivity index (χ1) is 11.0. The first-order valence-corrected chi connectivity index (χ1v) is 7.65. The quantitative estimate of drug-likeness (QED) is 0.887. The Bertz CT molecular complexity index is 728. The number of anilines is 1. The molecule has 0 unspecified atom stereocenters. The highest BCUT2D eigenvalue weighted by molar-refractivity contribution is 5.97. The molecule has 6 nitrogen and oxygen atoms in total. The van der Waals surface area contributed by atoms with E-state index in [1.165, 1.54) is 0 Å². The van der Waals surface area contributed by atoms with Crippen molar-refractivity contribution in [1.82, 2.24) is 10.5 Å². The molecule has 0 atom stereocenters. The van der Waals surface area contributed by atoms with Gasteiger partial charge in [0.2, 0.25) is 5.91 Å². The molecule has 1 heterocycles. The summed E-state index contributed by atoms with van der Waals surface area (Å²) in [7, 11) is 0. The van der Waals surface area contributed by atoms with E-state index in [0.29, 0.717) is 23.1 Å². The minimum Gasteiger partial charge on any atom is -0.361 e. The van der Waals surface area contributed by atoms with Crippen LogP contribution in [0.5, 0.6) is 0 Å². The van der Waals surface area contributed by atoms with Gasteiger partial charge in [-0.3, -0.25) is 9.59 Å². The summed E-state index contributed by atoms with van der Waals surface area (Å²) >= 11 is 0. The maximum atomic E-state index is 12.2. The van der Waals surface area contributed by atoms with Gasteiger partial charge in [0.1, 0.15) is 5.76 Å². The van der Waals surface area contributed by atoms with E-state index in [-0.39, 0.29) is 18.2 Å². The minimum absolute atomic E-state index is 0.102. The van der Waals surface area contributed by atoms with Crippen LogP contribution in [0.2, 0.25) is 0 Å². The van der Waals surface area contributed by atoms with Gasteiger partial charge < -0.3 is 15.2 Å². The molecule has 1 fully saturated rings. The zero-order valence-corrected chi connectivity index (χ0v) is 13.2. The minimum atomic E-state index is -0.167. The van der Waals surface area contributed by atoms with Crippen LogP contribution in [0.3, 0.4) is 0 Å². The van der Waals surface area contributed by atoms with Gasteiger partial charge in [0.25, 0.3) is 5.91 Å². The second-order valence-electron chi connectivity index (χ2n) is 5.86. The second kappa shape index (κ2) is 6.24. The van der Waals surface area contributed by atoms with Gasteiger partial charge in [0, 0.05) is 22.9 Å². The zero-order valence-electron chi connectivity index (χ0n) is 13.2. The van der Waals surface area contributed by atoms with Crippen LogP contribution in [0.1, 0.15) is 40.2 Å². The van der Waals surface area contributed by atoms with Crippen molar-refractivity contribution in [2.24, 2.45) is 0 Å². The number of carbonyl (C=O) groups is 2. The fourth-order valence-electron chi connectivity index (χ4n) is 2.35. The van der Waals surface area contributed by atoms with E-state index in [0.717, 1.165) is 24.1 Å². The van der Waals surface area contributed by atoms with Crippen LogP contribution in [0.15, 0.2) is 28.8 Å². The highest BCUT2D eigenvalue weighted by atomic mass is 16.5. The predicted octanol–water partition coefficient (Wildman–Crippen LogP) is 2.36. The van der Waals surface area contributed by atoms with E-state index >= 15 is 0 Å². The molecular formula is C17H19N3O3. The molecule has 2 N–H and O–H groups in total. The summed E-state index contributed by atoms with van der Waals surface area (Å²) in [5.41, 5.74) is 2.66. The lowest BCUT2D eigenvalue weighted by Gasteiger charge is -2.08. The van der Waals surface area contributed by atoms with Gasteiger partial charge in [-0.05, 0) is 44.9 Å². The molecule has 0 aliphatic heterocycles. The third-order valence-electron chi connectivity index (χ3n) is 3.84. The Labute approximate surface area is 134 Å². The van der Waals surface area contributed by atoms with Crippen molar-refractivity contribution >= 4 is 17.5 Å². The molecule has 2 aromatic rings. The molecule has 1 aromatic heterocycles. The van der Waals surface area contributed by atoms with Crippen molar-refractivity contribution in [3.8, 4) is 0 Å². The van der Waals surface area contributed by atoms with Crippen molar-refractivity contribution in [1.29, 1.82) is 0 Å². The zero-order chi connectivity index (χ0) is 16.4. The lowest BCUT2D eigenvalue weighted by Crippen LogP contribution is -2.25. The molecule has 1 aromatic carbocycles. The Morgan fingerprint density at radius 3 is 2.74 bits per heavy atom. The fourth-order valence-corrected chi connectivity index (χ4v) is 2.35. The second-order valence-corrected chi connectivity index (χ2v) is 5.86. The molecule has 0 spiro atoms. The number of hydrogen-bond acceptors (Lipinski definition) is 4. The van der Waals surface area contributed by atoms with Crippen LogP contribution in [0.25, 0.3) is 0 Å². The van der Waals surface area contributed by atoms with Gasteiger partial charge >= 0.3 is 0 Å². The van der Waals surface area contributed by atoms with Crippen molar-refractivity contribution in [2.75, 3.05) is 5.32 Å². The van der Waals surface area contributed by atoms with Gasteiger partial charge in [0.05, 0.1) is 12.1 Å². The molecule has 0 radical (unpaired) electrons. The SMILES string of the molecule is Cc1noc(C)c1CC(=O)Nc1cccc(C(=O)NC2CC2)c1. The molecule has 0 bridgehead atoms. The molecule has 2 amide bonds. The molecule has 1 saturated carbocycles. The number of aromatic nitrogens is 1. The summed E-state index contributed by atoms with van der Waals surface area (Å²) in [5.74, 6) is 0.378. The number of hydrogen-bond donors (Lipinski definition) is 2. The van der Waals surface area contributed by atoms with Crippen LogP contribution in [-0.2, 0) is 11.2 Å². The number of carbonyl (C=O) groups excluding carboxylic acids is 2. The average Bonchev–Trinajstić information content (AvgIpc) is 3.28. The van der Waals surface area contributed by atoms with Crippen molar-refractivity contribution < 1.29 is 14.1 Å². The number of rotatable bonds is 5. The number of nitrogens with zero attached hydrogens (tertiary/aromatic N) is 1. The third kappa shape index (κ3) is 3.77. The van der Waals surface area contributed by atoms with Crippen LogP contribution in [0.4, 0.5) is 5.69 Å². The standard InChI is InChI=1S/C17H19N3O3/c1-10-15(11(2)23-20-10)9-16(21)18-14-5-3-4-12(8-14)17(22)19-13-6-7-13/h3-5,8,13H,6-7,9H2,1-2H3,(H,18,21)(H,19,22). The van der Waals surface area contributed by atoms with Crippen LogP contribution in [-0.4, -0.2) is 23.0 Å². The Hall–Kier alpha value is -2.63. The van der Waals surface area contributed by atoms with Crippen LogP contribution in [0, 0.1) is 13.8 Å².